The molecular formula is C14H15N3O. The van der Waals surface area contributed by atoms with Crippen LogP contribution in [0.5, 0.6) is 0 Å². The van der Waals surface area contributed by atoms with Crippen molar-refractivity contribution in [2.45, 2.75) is 25.7 Å². The maximum absolute atomic E-state index is 12.2. The summed E-state index contributed by atoms with van der Waals surface area (Å²) < 4.78 is 1.64. The molecule has 0 saturated heterocycles. The molecule has 0 saturated carbocycles. The number of carbonyl (C=O) groups is 1. The fourth-order valence-electron chi connectivity index (χ4n) is 2.47. The number of hydrogen-bond donors (Lipinski definition) is 0. The lowest BCUT2D eigenvalue weighted by Crippen LogP contribution is -2.09. The van der Waals surface area contributed by atoms with E-state index in [1.54, 1.807) is 11.7 Å². The third-order valence-electron chi connectivity index (χ3n) is 3.54. The van der Waals surface area contributed by atoms with Gasteiger partial charge in [0.05, 0.1) is 6.42 Å². The monoisotopic (exact) mass is 241 g/mol. The van der Waals surface area contributed by atoms with Gasteiger partial charge in [-0.25, -0.2) is 4.98 Å². The third-order valence-corrected chi connectivity index (χ3v) is 3.54. The number of benzene rings is 1. The van der Waals surface area contributed by atoms with Crippen molar-refractivity contribution in [3.05, 3.63) is 47.0 Å². The van der Waals surface area contributed by atoms with Gasteiger partial charge in [-0.15, -0.1) is 0 Å². The number of rotatable bonds is 3. The Kier molecular flexibility index (Phi) is 2.70. The molecule has 0 unspecified atom stereocenters. The fourth-order valence-corrected chi connectivity index (χ4v) is 2.47. The maximum atomic E-state index is 12.2. The summed E-state index contributed by atoms with van der Waals surface area (Å²) in [7, 11) is 1.80. The van der Waals surface area contributed by atoms with Gasteiger partial charge < -0.3 is 0 Å². The highest BCUT2D eigenvalue weighted by Gasteiger charge is 2.15. The number of ketones is 1. The molecule has 0 aliphatic heterocycles. The van der Waals surface area contributed by atoms with Gasteiger partial charge in [-0.3, -0.25) is 9.48 Å². The summed E-state index contributed by atoms with van der Waals surface area (Å²) >= 11 is 0. The number of nitrogens with zero attached hydrogens (tertiary/aromatic N) is 3. The summed E-state index contributed by atoms with van der Waals surface area (Å²) in [5.74, 6) is 0.821. The predicted molar refractivity (Wildman–Crippen MR) is 67.5 cm³/mol. The van der Waals surface area contributed by atoms with Crippen molar-refractivity contribution in [1.82, 2.24) is 14.8 Å². The van der Waals surface area contributed by atoms with Crippen LogP contribution < -0.4 is 0 Å². The molecule has 1 aromatic carbocycles. The Labute approximate surface area is 106 Å². The van der Waals surface area contributed by atoms with Crippen molar-refractivity contribution in [1.29, 1.82) is 0 Å². The second-order valence-electron chi connectivity index (χ2n) is 4.74. The molecule has 1 aliphatic rings. The molecular weight excluding hydrogens is 226 g/mol. The predicted octanol–water partition coefficient (Wildman–Crippen LogP) is 1.73. The normalized spacial score (nSPS) is 13.6. The smallest absolute Gasteiger partial charge is 0.170 e. The number of carbonyl (C=O) groups excluding carboxylic acids is 1. The van der Waals surface area contributed by atoms with Crippen molar-refractivity contribution in [3.63, 3.8) is 0 Å². The van der Waals surface area contributed by atoms with Gasteiger partial charge in [0.1, 0.15) is 12.2 Å². The minimum Gasteiger partial charge on any atom is -0.294 e. The second kappa shape index (κ2) is 4.37. The first-order valence-electron chi connectivity index (χ1n) is 6.22. The minimum atomic E-state index is 0.112. The molecule has 1 aromatic heterocycles. The van der Waals surface area contributed by atoms with E-state index < -0.39 is 0 Å². The highest BCUT2D eigenvalue weighted by molar-refractivity contribution is 5.97. The third kappa shape index (κ3) is 1.94. The summed E-state index contributed by atoms with van der Waals surface area (Å²) in [5, 5.41) is 3.97. The zero-order valence-corrected chi connectivity index (χ0v) is 10.4. The zero-order chi connectivity index (χ0) is 12.5. The van der Waals surface area contributed by atoms with Crippen LogP contribution in [0.3, 0.4) is 0 Å². The molecule has 0 atom stereocenters. The first kappa shape index (κ1) is 11.1. The summed E-state index contributed by atoms with van der Waals surface area (Å²) in [6, 6.07) is 6.07. The van der Waals surface area contributed by atoms with Gasteiger partial charge in [0.2, 0.25) is 0 Å². The molecule has 3 rings (SSSR count). The van der Waals surface area contributed by atoms with Gasteiger partial charge in [0.15, 0.2) is 5.78 Å². The Morgan fingerprint density at radius 1 is 1.33 bits per heavy atom. The Morgan fingerprint density at radius 2 is 2.17 bits per heavy atom. The summed E-state index contributed by atoms with van der Waals surface area (Å²) in [6.07, 6.45) is 5.24. The molecule has 0 fully saturated rings. The maximum Gasteiger partial charge on any atom is 0.170 e. The first-order valence-corrected chi connectivity index (χ1v) is 6.22. The van der Waals surface area contributed by atoms with Gasteiger partial charge in [0, 0.05) is 12.6 Å². The highest BCUT2D eigenvalue weighted by Crippen LogP contribution is 2.23. The first-order chi connectivity index (χ1) is 8.74. The average molecular weight is 241 g/mol. The fraction of sp³-hybridized carbons (Fsp3) is 0.357. The molecule has 0 spiro atoms. The molecule has 4 heteroatoms. The van der Waals surface area contributed by atoms with Gasteiger partial charge in [-0.05, 0) is 36.5 Å². The molecule has 0 N–H and O–H groups in total. The van der Waals surface area contributed by atoms with Crippen LogP contribution in [0, 0.1) is 0 Å². The second-order valence-corrected chi connectivity index (χ2v) is 4.74. The van der Waals surface area contributed by atoms with Crippen LogP contribution in [-0.4, -0.2) is 20.5 Å². The Morgan fingerprint density at radius 3 is 2.94 bits per heavy atom. The summed E-state index contributed by atoms with van der Waals surface area (Å²) in [5.41, 5.74) is 3.52. The van der Waals surface area contributed by atoms with E-state index in [2.05, 4.69) is 16.1 Å². The lowest BCUT2D eigenvalue weighted by molar-refractivity contribution is 0.0989. The molecule has 0 amide bonds. The SMILES string of the molecule is Cn1ncnc1CC(=O)c1ccc2c(c1)CCC2. The number of Topliss-reactive ketones (excluding diaryl/α,β-unsaturated/α-hetero) is 1. The van der Waals surface area contributed by atoms with Crippen molar-refractivity contribution in [2.75, 3.05) is 0 Å². The van der Waals surface area contributed by atoms with Crippen LogP contribution >= 0.6 is 0 Å². The van der Waals surface area contributed by atoms with Gasteiger partial charge >= 0.3 is 0 Å². The van der Waals surface area contributed by atoms with Crippen LogP contribution in [0.1, 0.15) is 33.7 Å². The van der Waals surface area contributed by atoms with Crippen molar-refractivity contribution in [2.24, 2.45) is 7.05 Å². The van der Waals surface area contributed by atoms with E-state index in [1.807, 2.05) is 12.1 Å². The number of fused-ring (bicyclic) bond motifs is 1. The molecule has 1 aliphatic carbocycles. The van der Waals surface area contributed by atoms with E-state index in [1.165, 1.54) is 23.9 Å². The van der Waals surface area contributed by atoms with E-state index in [0.29, 0.717) is 12.2 Å². The number of hydrogen-bond acceptors (Lipinski definition) is 3. The van der Waals surface area contributed by atoms with E-state index >= 15 is 0 Å². The average Bonchev–Trinajstić information content (AvgIpc) is 2.98. The summed E-state index contributed by atoms with van der Waals surface area (Å²) in [4.78, 5) is 16.3. The van der Waals surface area contributed by atoms with E-state index in [-0.39, 0.29) is 5.78 Å². The van der Waals surface area contributed by atoms with Crippen molar-refractivity contribution >= 4 is 5.78 Å². The Bertz CT molecular complexity index is 601. The van der Waals surface area contributed by atoms with Crippen LogP contribution in [-0.2, 0) is 26.3 Å². The summed E-state index contributed by atoms with van der Waals surface area (Å²) in [6.45, 7) is 0. The van der Waals surface area contributed by atoms with Crippen molar-refractivity contribution < 1.29 is 4.79 Å². The number of aromatic nitrogens is 3. The lowest BCUT2D eigenvalue weighted by atomic mass is 10.0. The topological polar surface area (TPSA) is 47.8 Å². The number of aryl methyl sites for hydroxylation is 3. The Hall–Kier alpha value is -1.97. The molecule has 4 nitrogen and oxygen atoms in total. The molecule has 0 bridgehead atoms. The van der Waals surface area contributed by atoms with E-state index in [4.69, 9.17) is 0 Å². The standard InChI is InChI=1S/C14H15N3O/c1-17-14(15-9-16-17)8-13(18)12-6-5-10-3-2-4-11(10)7-12/h5-7,9H,2-4,8H2,1H3. The molecule has 2 aromatic rings. The van der Waals surface area contributed by atoms with Crippen molar-refractivity contribution in [3.8, 4) is 0 Å². The van der Waals surface area contributed by atoms with Gasteiger partial charge in [-0.1, -0.05) is 12.1 Å². The zero-order valence-electron chi connectivity index (χ0n) is 10.4. The van der Waals surface area contributed by atoms with E-state index in [0.717, 1.165) is 18.4 Å². The van der Waals surface area contributed by atoms with Gasteiger partial charge in [-0.2, -0.15) is 5.10 Å². The van der Waals surface area contributed by atoms with Crippen LogP contribution in [0.15, 0.2) is 24.5 Å². The lowest BCUT2D eigenvalue weighted by Gasteiger charge is -2.04. The van der Waals surface area contributed by atoms with Crippen LogP contribution in [0.25, 0.3) is 0 Å². The molecule has 1 heterocycles. The van der Waals surface area contributed by atoms with Crippen LogP contribution in [0.2, 0.25) is 0 Å². The van der Waals surface area contributed by atoms with Gasteiger partial charge in [0.25, 0.3) is 0 Å². The highest BCUT2D eigenvalue weighted by atomic mass is 16.1. The van der Waals surface area contributed by atoms with Crippen LogP contribution in [0.4, 0.5) is 0 Å². The quantitative estimate of drug-likeness (QED) is 0.769. The molecule has 0 radical (unpaired) electrons. The minimum absolute atomic E-state index is 0.112. The molecule has 18 heavy (non-hydrogen) atoms. The Balaban J connectivity index is 1.83. The largest absolute Gasteiger partial charge is 0.294 e. The van der Waals surface area contributed by atoms with E-state index in [9.17, 15) is 4.79 Å². The molecule has 92 valence electrons.